The molecule has 1 aromatic carbocycles. The molecule has 0 aliphatic heterocycles. The smallest absolute Gasteiger partial charge is 0.276 e. The number of hydrogen-bond acceptors (Lipinski definition) is 5. The third kappa shape index (κ3) is 2.92. The molecule has 2 rings (SSSR count). The zero-order valence-electron chi connectivity index (χ0n) is 11.3. The van der Waals surface area contributed by atoms with Crippen molar-refractivity contribution in [1.82, 2.24) is 4.98 Å². The minimum Gasteiger partial charge on any atom is -0.455 e. The molecule has 104 valence electrons. The van der Waals surface area contributed by atoms with Crippen LogP contribution in [0.25, 0.3) is 0 Å². The lowest BCUT2D eigenvalue weighted by Gasteiger charge is -2.10. The minimum absolute atomic E-state index is 0.0357. The summed E-state index contributed by atoms with van der Waals surface area (Å²) in [7, 11) is 0. The summed E-state index contributed by atoms with van der Waals surface area (Å²) >= 11 is 0. The van der Waals surface area contributed by atoms with Gasteiger partial charge in [-0.25, -0.2) is 0 Å². The van der Waals surface area contributed by atoms with Crippen LogP contribution in [0.1, 0.15) is 16.7 Å². The van der Waals surface area contributed by atoms with E-state index in [4.69, 9.17) is 10.5 Å². The third-order valence-electron chi connectivity index (χ3n) is 2.92. The van der Waals surface area contributed by atoms with Gasteiger partial charge in [0.15, 0.2) is 0 Å². The van der Waals surface area contributed by atoms with Crippen molar-refractivity contribution in [2.45, 2.75) is 20.4 Å². The van der Waals surface area contributed by atoms with Crippen LogP contribution >= 0.6 is 0 Å². The fraction of sp³-hybridized carbons (Fsp3) is 0.214. The summed E-state index contributed by atoms with van der Waals surface area (Å²) < 4.78 is 5.67. The van der Waals surface area contributed by atoms with E-state index in [2.05, 4.69) is 4.98 Å². The molecule has 0 spiro atoms. The second-order valence-corrected chi connectivity index (χ2v) is 4.50. The number of nitro groups is 1. The maximum Gasteiger partial charge on any atom is 0.276 e. The number of aryl methyl sites for hydroxylation is 2. The molecule has 0 bridgehead atoms. The van der Waals surface area contributed by atoms with Gasteiger partial charge in [-0.05, 0) is 37.1 Å². The van der Waals surface area contributed by atoms with Gasteiger partial charge in [0.1, 0.15) is 11.5 Å². The summed E-state index contributed by atoms with van der Waals surface area (Å²) in [4.78, 5) is 14.6. The molecular formula is C14H15N3O3. The fourth-order valence-electron chi connectivity index (χ4n) is 1.89. The predicted molar refractivity (Wildman–Crippen MR) is 74.8 cm³/mol. The van der Waals surface area contributed by atoms with Crippen molar-refractivity contribution in [3.8, 4) is 11.5 Å². The predicted octanol–water partition coefficient (Wildman–Crippen LogP) is 2.86. The van der Waals surface area contributed by atoms with Gasteiger partial charge >= 0.3 is 0 Å². The van der Waals surface area contributed by atoms with E-state index in [1.54, 1.807) is 31.5 Å². The minimum atomic E-state index is -0.420. The lowest BCUT2D eigenvalue weighted by atomic mass is 10.1. The number of benzene rings is 1. The van der Waals surface area contributed by atoms with Crippen molar-refractivity contribution < 1.29 is 9.66 Å². The van der Waals surface area contributed by atoms with E-state index in [0.717, 1.165) is 11.1 Å². The summed E-state index contributed by atoms with van der Waals surface area (Å²) in [6.07, 6.45) is 3.20. The van der Waals surface area contributed by atoms with E-state index in [9.17, 15) is 10.1 Å². The van der Waals surface area contributed by atoms with Gasteiger partial charge in [-0.3, -0.25) is 15.1 Å². The van der Waals surface area contributed by atoms with Crippen molar-refractivity contribution >= 4 is 5.69 Å². The summed E-state index contributed by atoms with van der Waals surface area (Å²) in [6.45, 7) is 3.90. The highest BCUT2D eigenvalue weighted by molar-refractivity contribution is 5.50. The zero-order valence-corrected chi connectivity index (χ0v) is 11.3. The monoisotopic (exact) mass is 273 g/mol. The Morgan fingerprint density at radius 3 is 2.65 bits per heavy atom. The Labute approximate surface area is 116 Å². The van der Waals surface area contributed by atoms with Gasteiger partial charge < -0.3 is 10.5 Å². The zero-order chi connectivity index (χ0) is 14.7. The molecule has 6 heteroatoms. The number of hydrogen-bond donors (Lipinski definition) is 1. The second kappa shape index (κ2) is 5.66. The molecule has 0 fully saturated rings. The first-order chi connectivity index (χ1) is 9.51. The lowest BCUT2D eigenvalue weighted by molar-refractivity contribution is -0.385. The topological polar surface area (TPSA) is 91.3 Å². The molecule has 0 saturated carbocycles. The number of nitro benzene ring substituents is 1. The van der Waals surface area contributed by atoms with Gasteiger partial charge in [-0.1, -0.05) is 0 Å². The molecule has 1 heterocycles. The van der Waals surface area contributed by atoms with Gasteiger partial charge in [-0.15, -0.1) is 0 Å². The van der Waals surface area contributed by atoms with Crippen molar-refractivity contribution in [2.75, 3.05) is 0 Å². The summed E-state index contributed by atoms with van der Waals surface area (Å²) in [5.41, 5.74) is 7.84. The molecule has 2 N–H and O–H groups in total. The van der Waals surface area contributed by atoms with E-state index in [0.29, 0.717) is 23.6 Å². The molecule has 1 aromatic heterocycles. The van der Waals surface area contributed by atoms with Crippen LogP contribution in [-0.4, -0.2) is 9.91 Å². The van der Waals surface area contributed by atoms with E-state index < -0.39 is 4.92 Å². The Hall–Kier alpha value is -2.47. The van der Waals surface area contributed by atoms with Crippen molar-refractivity contribution in [1.29, 1.82) is 0 Å². The first-order valence-electron chi connectivity index (χ1n) is 6.08. The molecule has 0 aliphatic carbocycles. The molecule has 0 unspecified atom stereocenters. The van der Waals surface area contributed by atoms with Crippen LogP contribution in [0.3, 0.4) is 0 Å². The Morgan fingerprint density at radius 2 is 2.00 bits per heavy atom. The van der Waals surface area contributed by atoms with Gasteiger partial charge in [0, 0.05) is 18.3 Å². The van der Waals surface area contributed by atoms with E-state index in [1.165, 1.54) is 6.07 Å². The van der Waals surface area contributed by atoms with Crippen molar-refractivity contribution in [3.05, 3.63) is 57.4 Å². The van der Waals surface area contributed by atoms with Gasteiger partial charge in [0.25, 0.3) is 5.69 Å². The number of nitrogens with two attached hydrogens (primary N) is 1. The molecule has 0 radical (unpaired) electrons. The molecule has 0 atom stereocenters. The quantitative estimate of drug-likeness (QED) is 0.683. The summed E-state index contributed by atoms with van der Waals surface area (Å²) in [5.74, 6) is 0.951. The average Bonchev–Trinajstić information content (AvgIpc) is 2.41. The maximum absolute atomic E-state index is 11.0. The number of rotatable bonds is 4. The second-order valence-electron chi connectivity index (χ2n) is 4.50. The van der Waals surface area contributed by atoms with E-state index >= 15 is 0 Å². The first kappa shape index (κ1) is 14.0. The molecule has 0 saturated heterocycles. The fourth-order valence-corrected chi connectivity index (χ4v) is 1.89. The van der Waals surface area contributed by atoms with Crippen LogP contribution in [0.5, 0.6) is 11.5 Å². The number of aromatic nitrogens is 1. The van der Waals surface area contributed by atoms with Crippen LogP contribution in [0.2, 0.25) is 0 Å². The molecule has 20 heavy (non-hydrogen) atoms. The van der Waals surface area contributed by atoms with Crippen LogP contribution in [0.4, 0.5) is 5.69 Å². The molecule has 0 amide bonds. The Kier molecular flexibility index (Phi) is 3.95. The molecular weight excluding hydrogens is 258 g/mol. The SMILES string of the molecule is Cc1cc(C)c([N+](=O)[O-])cc1Oc1cncc(CN)c1. The lowest BCUT2D eigenvalue weighted by Crippen LogP contribution is -1.98. The Morgan fingerprint density at radius 1 is 1.25 bits per heavy atom. The highest BCUT2D eigenvalue weighted by Crippen LogP contribution is 2.31. The largest absolute Gasteiger partial charge is 0.455 e. The number of pyridine rings is 1. The molecule has 0 aliphatic rings. The van der Waals surface area contributed by atoms with Gasteiger partial charge in [0.2, 0.25) is 0 Å². The van der Waals surface area contributed by atoms with Gasteiger partial charge in [-0.2, -0.15) is 0 Å². The standard InChI is InChI=1S/C14H15N3O3/c1-9-3-10(2)14(5-13(9)17(18)19)20-12-4-11(6-15)7-16-8-12/h3-5,7-8H,6,15H2,1-2H3. The van der Waals surface area contributed by atoms with E-state index in [-0.39, 0.29) is 5.69 Å². The number of nitrogens with zero attached hydrogens (tertiary/aromatic N) is 2. The Balaban J connectivity index is 2.37. The maximum atomic E-state index is 11.0. The summed E-state index contributed by atoms with van der Waals surface area (Å²) in [5, 5.41) is 11.0. The van der Waals surface area contributed by atoms with Gasteiger partial charge in [0.05, 0.1) is 17.2 Å². The highest BCUT2D eigenvalue weighted by Gasteiger charge is 2.15. The van der Waals surface area contributed by atoms with Crippen LogP contribution in [-0.2, 0) is 6.54 Å². The van der Waals surface area contributed by atoms with E-state index in [1.807, 2.05) is 6.92 Å². The summed E-state index contributed by atoms with van der Waals surface area (Å²) in [6, 6.07) is 4.92. The normalized spacial score (nSPS) is 10.3. The van der Waals surface area contributed by atoms with Crippen LogP contribution in [0, 0.1) is 24.0 Å². The number of ether oxygens (including phenoxy) is 1. The van der Waals surface area contributed by atoms with Crippen LogP contribution in [0.15, 0.2) is 30.6 Å². The molecule has 2 aromatic rings. The third-order valence-corrected chi connectivity index (χ3v) is 2.92. The van der Waals surface area contributed by atoms with Crippen molar-refractivity contribution in [3.63, 3.8) is 0 Å². The molecule has 6 nitrogen and oxygen atoms in total. The Bertz CT molecular complexity index is 656. The highest BCUT2D eigenvalue weighted by atomic mass is 16.6. The average molecular weight is 273 g/mol. The van der Waals surface area contributed by atoms with Crippen LogP contribution < -0.4 is 10.5 Å². The first-order valence-corrected chi connectivity index (χ1v) is 6.08. The van der Waals surface area contributed by atoms with Crippen molar-refractivity contribution in [2.24, 2.45) is 5.73 Å².